The second-order valence-corrected chi connectivity index (χ2v) is 9.78. The fourth-order valence-electron chi connectivity index (χ4n) is 4.30. The van der Waals surface area contributed by atoms with Crippen molar-refractivity contribution in [2.45, 2.75) is 55.8 Å². The van der Waals surface area contributed by atoms with Crippen molar-refractivity contribution in [3.05, 3.63) is 46.6 Å². The van der Waals surface area contributed by atoms with E-state index < -0.39 is 0 Å². The molecule has 2 atom stereocenters. The molecule has 1 aliphatic heterocycles. The Morgan fingerprint density at radius 1 is 1.30 bits per heavy atom. The molecule has 138 valence electrons. The normalized spacial score (nSPS) is 19.3. The first-order valence-electron chi connectivity index (χ1n) is 9.46. The number of fused-ring (bicyclic) bond motifs is 4. The van der Waals surface area contributed by atoms with Gasteiger partial charge in [-0.05, 0) is 56.7 Å². The van der Waals surface area contributed by atoms with Crippen LogP contribution in [0.4, 0.5) is 5.69 Å². The van der Waals surface area contributed by atoms with Gasteiger partial charge in [0.25, 0.3) is 0 Å². The fraction of sp³-hybridized carbons (Fsp3) is 0.381. The standard InChI is InChI=1S/C21H21N3OS2/c1-12-10-14-6-3-4-8-16(14)24(12)21(25)13(2)26-19-18-15-7-5-9-17(15)27-20(18)23-11-22-19/h3-4,6,8,11-13H,5,7,9-10H2,1-2H3/t12-,13+/m0/s1. The quantitative estimate of drug-likeness (QED) is 0.479. The molecule has 3 heterocycles. The molecule has 3 aromatic rings. The second-order valence-electron chi connectivity index (χ2n) is 7.37. The Balaban J connectivity index is 1.45. The van der Waals surface area contributed by atoms with Gasteiger partial charge in [0.05, 0.1) is 5.25 Å². The Labute approximate surface area is 167 Å². The van der Waals surface area contributed by atoms with Crippen LogP contribution in [0.15, 0.2) is 35.6 Å². The lowest BCUT2D eigenvalue weighted by molar-refractivity contribution is -0.118. The summed E-state index contributed by atoms with van der Waals surface area (Å²) >= 11 is 3.37. The van der Waals surface area contributed by atoms with Crippen molar-refractivity contribution in [1.82, 2.24) is 9.97 Å². The SMILES string of the molecule is C[C@@H](Sc1ncnc2sc3c(c12)CCC3)C(=O)N1c2ccccc2C[C@@H]1C. The van der Waals surface area contributed by atoms with Crippen LogP contribution in [0.5, 0.6) is 0 Å². The number of hydrogen-bond acceptors (Lipinski definition) is 5. The summed E-state index contributed by atoms with van der Waals surface area (Å²) in [5.41, 5.74) is 3.74. The number of hydrogen-bond donors (Lipinski definition) is 0. The van der Waals surface area contributed by atoms with Crippen LogP contribution in [0.25, 0.3) is 10.2 Å². The molecule has 0 bridgehead atoms. The summed E-state index contributed by atoms with van der Waals surface area (Å²) in [5.74, 6) is 0.163. The lowest BCUT2D eigenvalue weighted by atomic mass is 10.1. The Kier molecular flexibility index (Phi) is 4.20. The number of para-hydroxylation sites is 1. The highest BCUT2D eigenvalue weighted by Crippen LogP contribution is 2.41. The van der Waals surface area contributed by atoms with Crippen LogP contribution in [0, 0.1) is 0 Å². The molecule has 0 saturated carbocycles. The Bertz CT molecular complexity index is 1050. The highest BCUT2D eigenvalue weighted by Gasteiger charge is 2.34. The minimum Gasteiger partial charge on any atom is -0.308 e. The first kappa shape index (κ1) is 17.2. The molecule has 6 heteroatoms. The average molecular weight is 396 g/mol. The molecule has 1 amide bonds. The van der Waals surface area contributed by atoms with Gasteiger partial charge in [-0.15, -0.1) is 11.3 Å². The number of nitrogens with zero attached hydrogens (tertiary/aromatic N) is 3. The lowest BCUT2D eigenvalue weighted by Crippen LogP contribution is -2.40. The maximum Gasteiger partial charge on any atom is 0.240 e. The van der Waals surface area contributed by atoms with E-state index in [2.05, 4.69) is 29.0 Å². The molecule has 1 aromatic carbocycles. The fourth-order valence-corrected chi connectivity index (χ4v) is 6.59. The number of aromatic nitrogens is 2. The number of benzene rings is 1. The maximum absolute atomic E-state index is 13.3. The molecule has 27 heavy (non-hydrogen) atoms. The smallest absolute Gasteiger partial charge is 0.240 e. The van der Waals surface area contributed by atoms with E-state index in [9.17, 15) is 4.79 Å². The van der Waals surface area contributed by atoms with Crippen LogP contribution >= 0.6 is 23.1 Å². The number of amides is 1. The third-order valence-electron chi connectivity index (χ3n) is 5.55. The molecule has 0 saturated heterocycles. The highest BCUT2D eigenvalue weighted by molar-refractivity contribution is 8.00. The lowest BCUT2D eigenvalue weighted by Gasteiger charge is -2.25. The molecular weight excluding hydrogens is 374 g/mol. The molecule has 2 aromatic heterocycles. The molecule has 1 aliphatic carbocycles. The van der Waals surface area contributed by atoms with E-state index >= 15 is 0 Å². The average Bonchev–Trinajstić information content (AvgIpc) is 3.32. The van der Waals surface area contributed by atoms with Crippen LogP contribution in [-0.2, 0) is 24.1 Å². The van der Waals surface area contributed by atoms with Gasteiger partial charge in [0, 0.05) is 22.0 Å². The minimum atomic E-state index is -0.186. The molecule has 5 rings (SSSR count). The third kappa shape index (κ3) is 2.77. The molecule has 0 N–H and O–H groups in total. The topological polar surface area (TPSA) is 46.1 Å². The van der Waals surface area contributed by atoms with Gasteiger partial charge in [-0.2, -0.15) is 0 Å². The zero-order valence-electron chi connectivity index (χ0n) is 15.4. The Morgan fingerprint density at radius 2 is 2.15 bits per heavy atom. The number of aryl methyl sites for hydroxylation is 2. The first-order valence-corrected chi connectivity index (χ1v) is 11.2. The van der Waals surface area contributed by atoms with Crippen LogP contribution in [-0.4, -0.2) is 27.2 Å². The predicted molar refractivity (Wildman–Crippen MR) is 112 cm³/mol. The summed E-state index contributed by atoms with van der Waals surface area (Å²) in [6, 6.07) is 8.44. The van der Waals surface area contributed by atoms with E-state index in [1.807, 2.05) is 24.0 Å². The van der Waals surface area contributed by atoms with Crippen molar-refractivity contribution in [3.8, 4) is 0 Å². The van der Waals surface area contributed by atoms with Gasteiger partial charge in [0.2, 0.25) is 5.91 Å². The van der Waals surface area contributed by atoms with Gasteiger partial charge in [0.15, 0.2) is 0 Å². The predicted octanol–water partition coefficient (Wildman–Crippen LogP) is 4.64. The van der Waals surface area contributed by atoms with Crippen molar-refractivity contribution in [2.24, 2.45) is 0 Å². The van der Waals surface area contributed by atoms with Gasteiger partial charge >= 0.3 is 0 Å². The van der Waals surface area contributed by atoms with Crippen molar-refractivity contribution in [2.75, 3.05) is 4.90 Å². The molecule has 0 spiro atoms. The van der Waals surface area contributed by atoms with Crippen molar-refractivity contribution in [3.63, 3.8) is 0 Å². The van der Waals surface area contributed by atoms with Crippen LogP contribution < -0.4 is 4.90 Å². The van der Waals surface area contributed by atoms with E-state index in [-0.39, 0.29) is 17.2 Å². The van der Waals surface area contributed by atoms with Crippen LogP contribution in [0.1, 0.15) is 36.3 Å². The molecule has 2 aliphatic rings. The summed E-state index contributed by atoms with van der Waals surface area (Å²) in [7, 11) is 0. The number of carbonyl (C=O) groups excluding carboxylic acids is 1. The van der Waals surface area contributed by atoms with Gasteiger partial charge in [-0.25, -0.2) is 9.97 Å². The number of carbonyl (C=O) groups is 1. The number of thiophene rings is 1. The van der Waals surface area contributed by atoms with E-state index in [4.69, 9.17) is 0 Å². The Hall–Kier alpha value is -1.92. The Morgan fingerprint density at radius 3 is 3.04 bits per heavy atom. The van der Waals surface area contributed by atoms with Crippen LogP contribution in [0.3, 0.4) is 0 Å². The van der Waals surface area contributed by atoms with E-state index in [1.54, 1.807) is 29.4 Å². The zero-order chi connectivity index (χ0) is 18.5. The van der Waals surface area contributed by atoms with Crippen molar-refractivity contribution in [1.29, 1.82) is 0 Å². The number of anilines is 1. The van der Waals surface area contributed by atoms with Gasteiger partial charge in [-0.1, -0.05) is 30.0 Å². The van der Waals surface area contributed by atoms with E-state index in [0.29, 0.717) is 0 Å². The summed E-state index contributed by atoms with van der Waals surface area (Å²) in [6.07, 6.45) is 6.04. The van der Waals surface area contributed by atoms with Crippen molar-refractivity contribution < 1.29 is 4.79 Å². The summed E-state index contributed by atoms with van der Waals surface area (Å²) in [5, 5.41) is 1.96. The molecular formula is C21H21N3OS2. The summed E-state index contributed by atoms with van der Waals surface area (Å²) < 4.78 is 0. The summed E-state index contributed by atoms with van der Waals surface area (Å²) in [6.45, 7) is 4.13. The number of thioether (sulfide) groups is 1. The maximum atomic E-state index is 13.3. The highest BCUT2D eigenvalue weighted by atomic mass is 32.2. The third-order valence-corrected chi connectivity index (χ3v) is 7.84. The zero-order valence-corrected chi connectivity index (χ0v) is 17.1. The largest absolute Gasteiger partial charge is 0.308 e. The van der Waals surface area contributed by atoms with Gasteiger partial charge in [-0.3, -0.25) is 4.79 Å². The molecule has 0 unspecified atom stereocenters. The van der Waals surface area contributed by atoms with Gasteiger partial charge in [0.1, 0.15) is 16.2 Å². The summed E-state index contributed by atoms with van der Waals surface area (Å²) in [4.78, 5) is 26.8. The van der Waals surface area contributed by atoms with Gasteiger partial charge < -0.3 is 4.90 Å². The molecule has 0 fully saturated rings. The molecule has 0 radical (unpaired) electrons. The minimum absolute atomic E-state index is 0.163. The molecule has 4 nitrogen and oxygen atoms in total. The monoisotopic (exact) mass is 395 g/mol. The number of rotatable bonds is 3. The van der Waals surface area contributed by atoms with E-state index in [0.717, 1.165) is 34.8 Å². The van der Waals surface area contributed by atoms with E-state index in [1.165, 1.54) is 27.8 Å². The van der Waals surface area contributed by atoms with Crippen LogP contribution in [0.2, 0.25) is 0 Å². The second kappa shape index (κ2) is 6.60. The van der Waals surface area contributed by atoms with Crippen molar-refractivity contribution >= 4 is 44.9 Å². The first-order chi connectivity index (χ1) is 13.1.